The third-order valence-electron chi connectivity index (χ3n) is 3.33. The van der Waals surface area contributed by atoms with Crippen LogP contribution in [0.3, 0.4) is 0 Å². The maximum Gasteiger partial charge on any atom is 0.235 e. The molecule has 0 bridgehead atoms. The fourth-order valence-corrected chi connectivity index (χ4v) is 3.22. The Bertz CT molecular complexity index is 433. The molecule has 0 saturated carbocycles. The van der Waals surface area contributed by atoms with Crippen molar-refractivity contribution in [2.24, 2.45) is 5.73 Å². The highest BCUT2D eigenvalue weighted by Gasteiger charge is 2.25. The van der Waals surface area contributed by atoms with Crippen molar-refractivity contribution in [2.45, 2.75) is 36.0 Å². The number of likely N-dealkylation sites (tertiary alicyclic amines) is 1. The SMILES string of the molecule is CC(Sc1ccc(Cl)cc1)C(=O)N1CCC(N)CC1.Cl. The molecule has 1 heterocycles. The van der Waals surface area contributed by atoms with E-state index in [0.717, 1.165) is 30.8 Å². The Labute approximate surface area is 135 Å². The van der Waals surface area contributed by atoms with E-state index in [9.17, 15) is 4.79 Å². The molecule has 6 heteroatoms. The summed E-state index contributed by atoms with van der Waals surface area (Å²) in [6.07, 6.45) is 1.81. The van der Waals surface area contributed by atoms with E-state index < -0.39 is 0 Å². The molecular formula is C14H20Cl2N2OS. The number of benzene rings is 1. The Balaban J connectivity index is 0.00000200. The van der Waals surface area contributed by atoms with Gasteiger partial charge in [-0.05, 0) is 44.0 Å². The van der Waals surface area contributed by atoms with Crippen molar-refractivity contribution < 1.29 is 4.79 Å². The predicted octanol–water partition coefficient (Wildman–Crippen LogP) is 3.19. The molecule has 1 fully saturated rings. The van der Waals surface area contributed by atoms with E-state index in [1.54, 1.807) is 11.8 Å². The van der Waals surface area contributed by atoms with E-state index in [0.29, 0.717) is 5.02 Å². The first-order chi connectivity index (χ1) is 9.06. The van der Waals surface area contributed by atoms with Gasteiger partial charge in [-0.2, -0.15) is 0 Å². The molecule has 1 atom stereocenters. The molecule has 0 aliphatic carbocycles. The van der Waals surface area contributed by atoms with Gasteiger partial charge in [-0.15, -0.1) is 24.2 Å². The van der Waals surface area contributed by atoms with Gasteiger partial charge in [0.15, 0.2) is 0 Å². The van der Waals surface area contributed by atoms with E-state index in [1.807, 2.05) is 36.1 Å². The smallest absolute Gasteiger partial charge is 0.235 e. The molecule has 3 nitrogen and oxygen atoms in total. The highest BCUT2D eigenvalue weighted by molar-refractivity contribution is 8.00. The minimum Gasteiger partial charge on any atom is -0.342 e. The number of halogens is 2. The van der Waals surface area contributed by atoms with Crippen molar-refractivity contribution in [1.82, 2.24) is 4.90 Å². The van der Waals surface area contributed by atoms with Gasteiger partial charge in [0.2, 0.25) is 5.91 Å². The zero-order valence-electron chi connectivity index (χ0n) is 11.4. The zero-order chi connectivity index (χ0) is 13.8. The van der Waals surface area contributed by atoms with E-state index in [4.69, 9.17) is 17.3 Å². The molecule has 20 heavy (non-hydrogen) atoms. The molecule has 2 rings (SSSR count). The van der Waals surface area contributed by atoms with E-state index in [1.165, 1.54) is 0 Å². The molecule has 1 aromatic rings. The van der Waals surface area contributed by atoms with Crippen molar-refractivity contribution in [3.8, 4) is 0 Å². The van der Waals surface area contributed by atoms with Crippen LogP contribution in [0.4, 0.5) is 0 Å². The lowest BCUT2D eigenvalue weighted by Crippen LogP contribution is -2.45. The maximum atomic E-state index is 12.3. The van der Waals surface area contributed by atoms with Crippen LogP contribution >= 0.6 is 35.8 Å². The molecule has 0 spiro atoms. The van der Waals surface area contributed by atoms with Gasteiger partial charge in [0.1, 0.15) is 0 Å². The number of nitrogens with two attached hydrogens (primary N) is 1. The van der Waals surface area contributed by atoms with Gasteiger partial charge in [-0.25, -0.2) is 0 Å². The summed E-state index contributed by atoms with van der Waals surface area (Å²) in [6.45, 7) is 3.52. The topological polar surface area (TPSA) is 46.3 Å². The largest absolute Gasteiger partial charge is 0.342 e. The molecule has 1 unspecified atom stereocenters. The molecule has 112 valence electrons. The van der Waals surface area contributed by atoms with E-state index in [2.05, 4.69) is 0 Å². The molecular weight excluding hydrogens is 315 g/mol. The predicted molar refractivity (Wildman–Crippen MR) is 87.8 cm³/mol. The molecule has 0 radical (unpaired) electrons. The number of nitrogens with zero attached hydrogens (tertiary/aromatic N) is 1. The van der Waals surface area contributed by atoms with Crippen LogP contribution in [0.15, 0.2) is 29.2 Å². The Morgan fingerprint density at radius 2 is 1.90 bits per heavy atom. The minimum atomic E-state index is -0.0736. The molecule has 2 N–H and O–H groups in total. The molecule has 1 aliphatic rings. The lowest BCUT2D eigenvalue weighted by atomic mass is 10.1. The van der Waals surface area contributed by atoms with Gasteiger partial charge >= 0.3 is 0 Å². The Kier molecular flexibility index (Phi) is 7.17. The molecule has 1 aromatic carbocycles. The summed E-state index contributed by atoms with van der Waals surface area (Å²) >= 11 is 7.42. The fourth-order valence-electron chi connectivity index (χ4n) is 2.14. The molecule has 1 amide bonds. The number of piperidine rings is 1. The van der Waals surface area contributed by atoms with Crippen LogP contribution < -0.4 is 5.73 Å². The van der Waals surface area contributed by atoms with Gasteiger partial charge in [0, 0.05) is 29.0 Å². The second kappa shape index (κ2) is 8.13. The Hall–Kier alpha value is -0.420. The average molecular weight is 335 g/mol. The number of thioether (sulfide) groups is 1. The van der Waals surface area contributed by atoms with Gasteiger partial charge in [-0.3, -0.25) is 4.79 Å². The highest BCUT2D eigenvalue weighted by atomic mass is 35.5. The second-order valence-corrected chi connectivity index (χ2v) is 6.73. The van der Waals surface area contributed by atoms with Crippen LogP contribution in [0.1, 0.15) is 19.8 Å². The van der Waals surface area contributed by atoms with E-state index >= 15 is 0 Å². The number of amides is 1. The van der Waals surface area contributed by atoms with Crippen LogP contribution in [-0.4, -0.2) is 35.2 Å². The highest BCUT2D eigenvalue weighted by Crippen LogP contribution is 2.26. The summed E-state index contributed by atoms with van der Waals surface area (Å²) in [5.74, 6) is 0.201. The summed E-state index contributed by atoms with van der Waals surface area (Å²) in [7, 11) is 0. The normalized spacial score (nSPS) is 17.4. The van der Waals surface area contributed by atoms with Crippen LogP contribution in [0.25, 0.3) is 0 Å². The number of rotatable bonds is 3. The number of hydrogen-bond acceptors (Lipinski definition) is 3. The van der Waals surface area contributed by atoms with Crippen molar-refractivity contribution in [3.05, 3.63) is 29.3 Å². The van der Waals surface area contributed by atoms with Crippen LogP contribution in [-0.2, 0) is 4.79 Å². The first kappa shape index (κ1) is 17.6. The summed E-state index contributed by atoms with van der Waals surface area (Å²) in [4.78, 5) is 15.3. The maximum absolute atomic E-state index is 12.3. The van der Waals surface area contributed by atoms with Crippen molar-refractivity contribution in [1.29, 1.82) is 0 Å². The van der Waals surface area contributed by atoms with Crippen molar-refractivity contribution >= 4 is 41.7 Å². The van der Waals surface area contributed by atoms with Gasteiger partial charge in [0.25, 0.3) is 0 Å². The minimum absolute atomic E-state index is 0. The van der Waals surface area contributed by atoms with Gasteiger partial charge < -0.3 is 10.6 Å². The van der Waals surface area contributed by atoms with Gasteiger partial charge in [0.05, 0.1) is 5.25 Å². The summed E-state index contributed by atoms with van der Waals surface area (Å²) in [5, 5.41) is 0.642. The van der Waals surface area contributed by atoms with Crippen molar-refractivity contribution in [3.63, 3.8) is 0 Å². The van der Waals surface area contributed by atoms with Crippen LogP contribution in [0, 0.1) is 0 Å². The fraction of sp³-hybridized carbons (Fsp3) is 0.500. The standard InChI is InChI=1S/C14H19ClN2OS.ClH/c1-10(19-13-4-2-11(15)3-5-13)14(18)17-8-6-12(16)7-9-17;/h2-5,10,12H,6-9,16H2,1H3;1H. The third-order valence-corrected chi connectivity index (χ3v) is 4.68. The summed E-state index contributed by atoms with van der Waals surface area (Å²) in [5.41, 5.74) is 5.86. The first-order valence-corrected chi connectivity index (χ1v) is 7.78. The number of carbonyl (C=O) groups excluding carboxylic acids is 1. The third kappa shape index (κ3) is 4.85. The molecule has 0 aromatic heterocycles. The summed E-state index contributed by atoms with van der Waals surface area (Å²) in [6, 6.07) is 7.84. The van der Waals surface area contributed by atoms with E-state index in [-0.39, 0.29) is 29.6 Å². The zero-order valence-corrected chi connectivity index (χ0v) is 13.8. The van der Waals surface area contributed by atoms with Crippen molar-refractivity contribution in [2.75, 3.05) is 13.1 Å². The van der Waals surface area contributed by atoms with Crippen LogP contribution in [0.2, 0.25) is 5.02 Å². The summed E-state index contributed by atoms with van der Waals surface area (Å²) < 4.78 is 0. The Morgan fingerprint density at radius 3 is 2.45 bits per heavy atom. The molecule has 1 saturated heterocycles. The van der Waals surface area contributed by atoms with Crippen LogP contribution in [0.5, 0.6) is 0 Å². The molecule has 1 aliphatic heterocycles. The first-order valence-electron chi connectivity index (χ1n) is 6.53. The quantitative estimate of drug-likeness (QED) is 0.863. The second-order valence-electron chi connectivity index (χ2n) is 4.88. The van der Waals surface area contributed by atoms with Gasteiger partial charge in [-0.1, -0.05) is 11.6 Å². The lowest BCUT2D eigenvalue weighted by Gasteiger charge is -2.31. The lowest BCUT2D eigenvalue weighted by molar-refractivity contribution is -0.131. The monoisotopic (exact) mass is 334 g/mol. The number of hydrogen-bond donors (Lipinski definition) is 1. The Morgan fingerprint density at radius 1 is 1.35 bits per heavy atom. The number of carbonyl (C=O) groups is 1. The average Bonchev–Trinajstić information content (AvgIpc) is 2.41.